The van der Waals surface area contributed by atoms with Gasteiger partial charge >= 0.3 is 0 Å². The molecule has 33 heavy (non-hydrogen) atoms. The zero-order valence-corrected chi connectivity index (χ0v) is 20.2. The quantitative estimate of drug-likeness (QED) is 0.389. The van der Waals surface area contributed by atoms with Gasteiger partial charge in [-0.05, 0) is 56.6 Å². The van der Waals surface area contributed by atoms with Crippen LogP contribution in [0.15, 0.2) is 61.9 Å². The lowest BCUT2D eigenvalue weighted by molar-refractivity contribution is 0.100. The van der Waals surface area contributed by atoms with Crippen molar-refractivity contribution in [2.75, 3.05) is 20.1 Å². The molecule has 1 aliphatic rings. The molecule has 5 N–H and O–H groups in total. The van der Waals surface area contributed by atoms with Crippen LogP contribution in [0.3, 0.4) is 0 Å². The van der Waals surface area contributed by atoms with Crippen molar-refractivity contribution in [3.8, 4) is 5.69 Å². The summed E-state index contributed by atoms with van der Waals surface area (Å²) in [6.45, 7) is 15.0. The number of aromatic nitrogens is 2. The predicted octanol–water partition coefficient (Wildman–Crippen LogP) is 4.86. The number of hydrogen-bond acceptors (Lipinski definition) is 5. The maximum absolute atomic E-state index is 14.1. The molecule has 0 saturated carbocycles. The number of fused-ring (bicyclic) bond motifs is 1. The molecule has 3 heterocycles. The minimum atomic E-state index is -1.07. The molecule has 0 atom stereocenters. The molecule has 0 bridgehead atoms. The van der Waals surface area contributed by atoms with Crippen molar-refractivity contribution in [3.05, 3.63) is 73.1 Å². The number of halogens is 1. The Morgan fingerprint density at radius 2 is 1.67 bits per heavy atom. The maximum Gasteiger partial charge on any atom is 0.144 e. The molecule has 6 nitrogen and oxygen atoms in total. The lowest BCUT2D eigenvalue weighted by Gasteiger charge is -2.36. The van der Waals surface area contributed by atoms with E-state index in [9.17, 15) is 4.39 Å². The third-order valence-electron chi connectivity index (χ3n) is 5.56. The smallest absolute Gasteiger partial charge is 0.144 e. The number of nitrogens with one attached hydrogen (secondary N) is 1. The number of likely N-dealkylation sites (tertiary alicyclic amines) is 1. The monoisotopic (exact) mass is 452 g/mol. The Morgan fingerprint density at radius 3 is 2.21 bits per heavy atom. The molecular formula is C26H37FN6. The second-order valence-electron chi connectivity index (χ2n) is 8.03. The zero-order valence-electron chi connectivity index (χ0n) is 20.2. The Morgan fingerprint density at radius 1 is 1.09 bits per heavy atom. The van der Waals surface area contributed by atoms with Gasteiger partial charge in [0.2, 0.25) is 0 Å². The summed E-state index contributed by atoms with van der Waals surface area (Å²) in [7, 11) is 1.65. The van der Waals surface area contributed by atoms with Crippen molar-refractivity contribution in [2.24, 2.45) is 11.6 Å². The average molecular weight is 453 g/mol. The highest BCUT2D eigenvalue weighted by Gasteiger charge is 2.30. The fourth-order valence-corrected chi connectivity index (χ4v) is 3.65. The third kappa shape index (κ3) is 6.43. The Labute approximate surface area is 196 Å². The molecule has 1 saturated heterocycles. The van der Waals surface area contributed by atoms with Crippen LogP contribution in [-0.2, 0) is 0 Å². The average Bonchev–Trinajstić information content (AvgIpc) is 3.24. The summed E-state index contributed by atoms with van der Waals surface area (Å²) in [5, 5.41) is 1.04. The van der Waals surface area contributed by atoms with Crippen molar-refractivity contribution in [2.45, 2.75) is 39.3 Å². The summed E-state index contributed by atoms with van der Waals surface area (Å²) >= 11 is 0. The summed E-state index contributed by atoms with van der Waals surface area (Å²) in [5.74, 6) is 4.60. The van der Waals surface area contributed by atoms with Gasteiger partial charge in [0.1, 0.15) is 11.3 Å². The largest absolute Gasteiger partial charge is 0.399 e. The van der Waals surface area contributed by atoms with Crippen LogP contribution >= 0.6 is 0 Å². The molecule has 0 unspecified atom stereocenters. The lowest BCUT2D eigenvalue weighted by atomic mass is 9.95. The van der Waals surface area contributed by atoms with E-state index in [4.69, 9.17) is 5.73 Å². The molecule has 0 aliphatic carbocycles. The van der Waals surface area contributed by atoms with E-state index in [-0.39, 0.29) is 0 Å². The molecule has 1 aromatic carbocycles. The third-order valence-corrected chi connectivity index (χ3v) is 5.56. The molecule has 1 aliphatic heterocycles. The molecule has 0 amide bonds. The van der Waals surface area contributed by atoms with Crippen LogP contribution in [0.2, 0.25) is 0 Å². The van der Waals surface area contributed by atoms with Crippen LogP contribution in [0, 0.1) is 0 Å². The Balaban J connectivity index is 0.000000714. The first-order chi connectivity index (χ1) is 15.8. The van der Waals surface area contributed by atoms with Crippen LogP contribution in [0.25, 0.3) is 28.1 Å². The molecule has 1 fully saturated rings. The lowest BCUT2D eigenvalue weighted by Crippen LogP contribution is -2.38. The fourth-order valence-electron chi connectivity index (χ4n) is 3.65. The summed E-state index contributed by atoms with van der Waals surface area (Å²) in [6.07, 6.45) is 4.92. The Hall–Kier alpha value is -3.16. The Kier molecular flexibility index (Phi) is 9.20. The van der Waals surface area contributed by atoms with Gasteiger partial charge in [-0.1, -0.05) is 39.1 Å². The van der Waals surface area contributed by atoms with E-state index in [2.05, 4.69) is 40.4 Å². The van der Waals surface area contributed by atoms with Crippen molar-refractivity contribution in [1.29, 1.82) is 0 Å². The van der Waals surface area contributed by atoms with Gasteiger partial charge in [-0.2, -0.15) is 0 Å². The molecule has 7 heteroatoms. The van der Waals surface area contributed by atoms with Crippen LogP contribution < -0.4 is 17.0 Å². The van der Waals surface area contributed by atoms with E-state index in [1.54, 1.807) is 14.0 Å². The zero-order chi connectivity index (χ0) is 24.6. The highest BCUT2D eigenvalue weighted by atomic mass is 19.1. The first kappa shape index (κ1) is 26.1. The number of benzene rings is 1. The van der Waals surface area contributed by atoms with Crippen molar-refractivity contribution < 1.29 is 4.39 Å². The molecule has 4 rings (SSSR count). The van der Waals surface area contributed by atoms with E-state index in [1.165, 1.54) is 0 Å². The summed E-state index contributed by atoms with van der Waals surface area (Å²) < 4.78 is 16.1. The van der Waals surface area contributed by atoms with Gasteiger partial charge in [-0.25, -0.2) is 9.37 Å². The van der Waals surface area contributed by atoms with Crippen molar-refractivity contribution >= 4 is 22.4 Å². The number of hydrazine groups is 1. The Bertz CT molecular complexity index is 1060. The SMILES string of the molecule is C=C(N)c1ccc(-n2ccc3cc(C(=C)N4CCC(C)(F)CC4)cnc32)cc1.CC.CNN. The number of pyridine rings is 1. The predicted molar refractivity (Wildman–Crippen MR) is 138 cm³/mol. The van der Waals surface area contributed by atoms with Gasteiger partial charge in [0.05, 0.1) is 0 Å². The molecule has 178 valence electrons. The number of rotatable bonds is 4. The summed E-state index contributed by atoms with van der Waals surface area (Å²) in [6, 6.07) is 12.1. The topological polar surface area (TPSA) is 85.1 Å². The van der Waals surface area contributed by atoms with Crippen LogP contribution in [0.5, 0.6) is 0 Å². The number of nitrogens with two attached hydrogens (primary N) is 2. The highest BCUT2D eigenvalue weighted by molar-refractivity contribution is 5.82. The van der Waals surface area contributed by atoms with Crippen LogP contribution in [-0.4, -0.2) is 40.3 Å². The number of alkyl halides is 1. The second-order valence-corrected chi connectivity index (χ2v) is 8.03. The maximum atomic E-state index is 14.1. The first-order valence-electron chi connectivity index (χ1n) is 11.3. The van der Waals surface area contributed by atoms with Crippen molar-refractivity contribution in [1.82, 2.24) is 19.9 Å². The second kappa shape index (κ2) is 11.6. The van der Waals surface area contributed by atoms with Crippen LogP contribution in [0.1, 0.15) is 44.7 Å². The summed E-state index contributed by atoms with van der Waals surface area (Å²) in [4.78, 5) is 6.83. The first-order valence-corrected chi connectivity index (χ1v) is 11.3. The fraction of sp³-hybridized carbons (Fsp3) is 0.346. The molecule has 3 aromatic rings. The van der Waals surface area contributed by atoms with Gasteiger partial charge in [0.15, 0.2) is 0 Å². The molecular weight excluding hydrogens is 415 g/mol. The minimum absolute atomic E-state index is 0.531. The number of hydrogen-bond donors (Lipinski definition) is 3. The molecule has 0 spiro atoms. The standard InChI is InChI=1S/C23H25FN4.C2H6.CH6N2/c1-16(25)18-4-6-21(7-5-18)28-11-8-19-14-20(15-26-22(19)28)17(2)27-12-9-23(3,24)10-13-27;1-2;1-3-2/h4-8,11,14-15H,1-2,9-10,12-13,25H2,3H3;1-2H3;3H,2H2,1H3. The number of nitrogens with zero attached hydrogens (tertiary/aromatic N) is 3. The van der Waals surface area contributed by atoms with E-state index in [1.807, 2.05) is 61.1 Å². The van der Waals surface area contributed by atoms with E-state index < -0.39 is 5.67 Å². The van der Waals surface area contributed by atoms with E-state index in [0.29, 0.717) is 31.6 Å². The van der Waals surface area contributed by atoms with E-state index >= 15 is 0 Å². The molecule has 0 radical (unpaired) electrons. The van der Waals surface area contributed by atoms with Gasteiger partial charge in [-0.3, -0.25) is 11.3 Å². The normalized spacial score (nSPS) is 14.5. The highest BCUT2D eigenvalue weighted by Crippen LogP contribution is 2.31. The van der Waals surface area contributed by atoms with E-state index in [0.717, 1.165) is 33.5 Å². The van der Waals surface area contributed by atoms with Gasteiger partial charge in [-0.15, -0.1) is 0 Å². The van der Waals surface area contributed by atoms with Gasteiger partial charge < -0.3 is 15.2 Å². The van der Waals surface area contributed by atoms with Crippen molar-refractivity contribution in [3.63, 3.8) is 0 Å². The molecule has 2 aromatic heterocycles. The van der Waals surface area contributed by atoms with Crippen LogP contribution in [0.4, 0.5) is 4.39 Å². The summed E-state index contributed by atoms with van der Waals surface area (Å²) in [5.41, 5.74) is 12.2. The van der Waals surface area contributed by atoms with Gasteiger partial charge in [0, 0.05) is 53.5 Å². The number of piperidine rings is 1. The van der Waals surface area contributed by atoms with Gasteiger partial charge in [0.25, 0.3) is 0 Å². The minimum Gasteiger partial charge on any atom is -0.399 e.